The van der Waals surface area contributed by atoms with E-state index in [-0.39, 0.29) is 17.5 Å². The van der Waals surface area contributed by atoms with Crippen LogP contribution in [0.5, 0.6) is 0 Å². The minimum Gasteiger partial charge on any atom is -0.368 e. The molecular formula is C23H28FN5O. The normalized spacial score (nSPS) is 15.5. The van der Waals surface area contributed by atoms with E-state index in [2.05, 4.69) is 46.1 Å². The summed E-state index contributed by atoms with van der Waals surface area (Å²) in [6, 6.07) is 13.5. The Kier molecular flexibility index (Phi) is 5.61. The third kappa shape index (κ3) is 3.84. The first-order valence-corrected chi connectivity index (χ1v) is 10.5. The van der Waals surface area contributed by atoms with Gasteiger partial charge in [-0.3, -0.25) is 0 Å². The average molecular weight is 410 g/mol. The number of nitrogens with zero attached hydrogens (tertiary/aromatic N) is 5. The molecular weight excluding hydrogens is 381 g/mol. The summed E-state index contributed by atoms with van der Waals surface area (Å²) >= 11 is 0. The second kappa shape index (κ2) is 8.34. The zero-order valence-corrected chi connectivity index (χ0v) is 17.8. The first-order chi connectivity index (χ1) is 14.5. The van der Waals surface area contributed by atoms with E-state index in [1.165, 1.54) is 32.9 Å². The lowest BCUT2D eigenvalue weighted by Crippen LogP contribution is -2.46. The van der Waals surface area contributed by atoms with E-state index in [4.69, 9.17) is 0 Å². The Labute approximate surface area is 176 Å². The SMILES string of the molecule is CCC(C)n1ncn(-c2ccc(N3CCN(c4ccc(C)cc4)CC3)c(F)c2)c1=O. The smallest absolute Gasteiger partial charge is 0.350 e. The van der Waals surface area contributed by atoms with Crippen LogP contribution in [0.1, 0.15) is 31.9 Å². The molecule has 2 aromatic carbocycles. The molecule has 1 aromatic heterocycles. The molecule has 1 unspecified atom stereocenters. The summed E-state index contributed by atoms with van der Waals surface area (Å²) in [6.45, 7) is 9.20. The van der Waals surface area contributed by atoms with E-state index >= 15 is 0 Å². The van der Waals surface area contributed by atoms with Crippen molar-refractivity contribution in [3.8, 4) is 5.69 Å². The van der Waals surface area contributed by atoms with Crippen molar-refractivity contribution in [1.82, 2.24) is 14.3 Å². The molecule has 1 aliphatic heterocycles. The van der Waals surface area contributed by atoms with Gasteiger partial charge in [0.05, 0.1) is 17.4 Å². The van der Waals surface area contributed by atoms with E-state index < -0.39 is 0 Å². The Bertz CT molecular complexity index is 1060. The molecule has 30 heavy (non-hydrogen) atoms. The number of aromatic nitrogens is 3. The lowest BCUT2D eigenvalue weighted by molar-refractivity contribution is 0.460. The molecule has 158 valence electrons. The van der Waals surface area contributed by atoms with Gasteiger partial charge in [-0.2, -0.15) is 5.10 Å². The molecule has 2 heterocycles. The standard InChI is InChI=1S/C23H28FN5O/c1-4-18(3)29-23(30)28(16-25-29)20-9-10-22(21(24)15-20)27-13-11-26(12-14-27)19-7-5-17(2)6-8-19/h5-10,15-16,18H,4,11-14H2,1-3H3. The van der Waals surface area contributed by atoms with Crippen LogP contribution in [0.15, 0.2) is 53.6 Å². The third-order valence-corrected chi connectivity index (χ3v) is 5.93. The predicted octanol–water partition coefficient (Wildman–Crippen LogP) is 3.78. The first-order valence-electron chi connectivity index (χ1n) is 10.5. The van der Waals surface area contributed by atoms with Crippen LogP contribution in [0.2, 0.25) is 0 Å². The highest BCUT2D eigenvalue weighted by molar-refractivity contribution is 5.55. The van der Waals surface area contributed by atoms with Gasteiger partial charge in [0.1, 0.15) is 12.1 Å². The number of aryl methyl sites for hydroxylation is 1. The molecule has 3 aromatic rings. The van der Waals surface area contributed by atoms with Crippen LogP contribution in [-0.2, 0) is 0 Å². The fraction of sp³-hybridized carbons (Fsp3) is 0.391. The molecule has 0 N–H and O–H groups in total. The monoisotopic (exact) mass is 409 g/mol. The van der Waals surface area contributed by atoms with Crippen molar-refractivity contribution in [3.05, 3.63) is 70.7 Å². The number of benzene rings is 2. The van der Waals surface area contributed by atoms with Gasteiger partial charge in [-0.25, -0.2) is 18.4 Å². The summed E-state index contributed by atoms with van der Waals surface area (Å²) in [5, 5.41) is 4.18. The number of halogens is 1. The van der Waals surface area contributed by atoms with Gasteiger partial charge < -0.3 is 9.80 Å². The Morgan fingerprint density at radius 1 is 1.00 bits per heavy atom. The third-order valence-electron chi connectivity index (χ3n) is 5.93. The van der Waals surface area contributed by atoms with Crippen LogP contribution in [0, 0.1) is 12.7 Å². The summed E-state index contributed by atoms with van der Waals surface area (Å²) in [6.07, 6.45) is 2.27. The van der Waals surface area contributed by atoms with Crippen molar-refractivity contribution < 1.29 is 4.39 Å². The fourth-order valence-electron chi connectivity index (χ4n) is 3.83. The van der Waals surface area contributed by atoms with Gasteiger partial charge in [0.2, 0.25) is 0 Å². The first kappa shape index (κ1) is 20.2. The Balaban J connectivity index is 1.49. The second-order valence-corrected chi connectivity index (χ2v) is 7.93. The van der Waals surface area contributed by atoms with E-state index in [1.807, 2.05) is 13.8 Å². The lowest BCUT2D eigenvalue weighted by atomic mass is 10.2. The largest absolute Gasteiger partial charge is 0.368 e. The Hall–Kier alpha value is -3.09. The lowest BCUT2D eigenvalue weighted by Gasteiger charge is -2.37. The highest BCUT2D eigenvalue weighted by Crippen LogP contribution is 2.25. The van der Waals surface area contributed by atoms with Gasteiger partial charge in [0.15, 0.2) is 0 Å². The molecule has 6 nitrogen and oxygen atoms in total. The van der Waals surface area contributed by atoms with E-state index in [1.54, 1.807) is 12.1 Å². The van der Waals surface area contributed by atoms with Crippen LogP contribution in [0.4, 0.5) is 15.8 Å². The molecule has 1 fully saturated rings. The number of piperazine rings is 1. The van der Waals surface area contributed by atoms with Gasteiger partial charge >= 0.3 is 5.69 Å². The van der Waals surface area contributed by atoms with E-state index in [0.717, 1.165) is 32.6 Å². The van der Waals surface area contributed by atoms with Crippen molar-refractivity contribution >= 4 is 11.4 Å². The molecule has 0 radical (unpaired) electrons. The van der Waals surface area contributed by atoms with Gasteiger partial charge in [-0.15, -0.1) is 0 Å². The maximum absolute atomic E-state index is 15.0. The van der Waals surface area contributed by atoms with Gasteiger partial charge in [0.25, 0.3) is 0 Å². The van der Waals surface area contributed by atoms with Crippen molar-refractivity contribution in [1.29, 1.82) is 0 Å². The van der Waals surface area contributed by atoms with Crippen molar-refractivity contribution in [3.63, 3.8) is 0 Å². The van der Waals surface area contributed by atoms with E-state index in [9.17, 15) is 9.18 Å². The summed E-state index contributed by atoms with van der Waals surface area (Å²) in [5.74, 6) is -0.320. The minimum absolute atomic E-state index is 0.00713. The molecule has 1 saturated heterocycles. The van der Waals surface area contributed by atoms with Gasteiger partial charge in [0, 0.05) is 37.9 Å². The number of rotatable bonds is 5. The van der Waals surface area contributed by atoms with Crippen LogP contribution < -0.4 is 15.5 Å². The quantitative estimate of drug-likeness (QED) is 0.643. The summed E-state index contributed by atoms with van der Waals surface area (Å²) < 4.78 is 17.8. The maximum atomic E-state index is 15.0. The van der Waals surface area contributed by atoms with Crippen LogP contribution in [0.3, 0.4) is 0 Å². The van der Waals surface area contributed by atoms with Crippen molar-refractivity contribution in [2.24, 2.45) is 0 Å². The molecule has 0 saturated carbocycles. The molecule has 1 atom stereocenters. The summed E-state index contributed by atoms with van der Waals surface area (Å²) in [7, 11) is 0. The number of hydrogen-bond acceptors (Lipinski definition) is 4. The minimum atomic E-state index is -0.320. The predicted molar refractivity (Wildman–Crippen MR) is 118 cm³/mol. The fourth-order valence-corrected chi connectivity index (χ4v) is 3.83. The van der Waals surface area contributed by atoms with Crippen molar-refractivity contribution in [2.75, 3.05) is 36.0 Å². The Morgan fingerprint density at radius 2 is 1.63 bits per heavy atom. The molecule has 4 rings (SSSR count). The number of hydrogen-bond donors (Lipinski definition) is 0. The molecule has 0 spiro atoms. The Morgan fingerprint density at radius 3 is 2.27 bits per heavy atom. The number of anilines is 2. The van der Waals surface area contributed by atoms with Gasteiger partial charge in [-0.1, -0.05) is 24.6 Å². The summed E-state index contributed by atoms with van der Waals surface area (Å²) in [5.41, 5.74) is 3.27. The second-order valence-electron chi connectivity index (χ2n) is 7.93. The highest BCUT2D eigenvalue weighted by Gasteiger charge is 2.21. The van der Waals surface area contributed by atoms with Crippen molar-refractivity contribution in [2.45, 2.75) is 33.2 Å². The molecule has 7 heteroatoms. The topological polar surface area (TPSA) is 46.3 Å². The van der Waals surface area contributed by atoms with Crippen LogP contribution >= 0.6 is 0 Å². The molecule has 0 aliphatic carbocycles. The zero-order valence-electron chi connectivity index (χ0n) is 17.8. The molecule has 0 bridgehead atoms. The molecule has 0 amide bonds. The molecule has 1 aliphatic rings. The highest BCUT2D eigenvalue weighted by atomic mass is 19.1. The van der Waals surface area contributed by atoms with Gasteiger partial charge in [-0.05, 0) is 44.5 Å². The van der Waals surface area contributed by atoms with Crippen LogP contribution in [-0.4, -0.2) is 40.5 Å². The maximum Gasteiger partial charge on any atom is 0.350 e. The van der Waals surface area contributed by atoms with Crippen LogP contribution in [0.25, 0.3) is 5.69 Å². The zero-order chi connectivity index (χ0) is 21.3. The average Bonchev–Trinajstić information content (AvgIpc) is 3.15. The summed E-state index contributed by atoms with van der Waals surface area (Å²) in [4.78, 5) is 17.0. The van der Waals surface area contributed by atoms with E-state index in [0.29, 0.717) is 11.4 Å².